The van der Waals surface area contributed by atoms with E-state index in [2.05, 4.69) is 15.3 Å². The molecule has 0 aliphatic carbocycles. The summed E-state index contributed by atoms with van der Waals surface area (Å²) in [5.74, 6) is -0.371. The molecule has 0 fully saturated rings. The lowest BCUT2D eigenvalue weighted by Crippen LogP contribution is -2.25. The van der Waals surface area contributed by atoms with Gasteiger partial charge in [0.1, 0.15) is 5.82 Å². The van der Waals surface area contributed by atoms with Gasteiger partial charge >= 0.3 is 0 Å². The third kappa shape index (κ3) is 1.78. The smallest absolute Gasteiger partial charge is 0.265 e. The Bertz CT molecular complexity index is 767. The van der Waals surface area contributed by atoms with Crippen molar-refractivity contribution < 1.29 is 4.39 Å². The number of fused-ring (bicyclic) bond motifs is 1. The molecule has 2 heterocycles. The number of nitrogens with zero attached hydrogens (tertiary/aromatic N) is 4. The van der Waals surface area contributed by atoms with E-state index in [1.807, 2.05) is 0 Å². The first-order chi connectivity index (χ1) is 8.75. The monoisotopic (exact) mass is 262 g/mol. The van der Waals surface area contributed by atoms with Gasteiger partial charge in [0.2, 0.25) is 0 Å². The maximum absolute atomic E-state index is 13.5. The number of halogens is 1. The molecule has 3 rings (SSSR count). The van der Waals surface area contributed by atoms with Crippen molar-refractivity contribution in [1.82, 2.24) is 20.0 Å². The first kappa shape index (κ1) is 11.0. The highest BCUT2D eigenvalue weighted by Crippen LogP contribution is 2.10. The van der Waals surface area contributed by atoms with Gasteiger partial charge < -0.3 is 0 Å². The van der Waals surface area contributed by atoms with Gasteiger partial charge in [0, 0.05) is 5.56 Å². The van der Waals surface area contributed by atoms with Crippen LogP contribution in [-0.4, -0.2) is 20.0 Å². The van der Waals surface area contributed by atoms with E-state index in [1.54, 1.807) is 18.2 Å². The Morgan fingerprint density at radius 2 is 2.17 bits per heavy atom. The third-order valence-electron chi connectivity index (χ3n) is 2.51. The van der Waals surface area contributed by atoms with Crippen molar-refractivity contribution in [3.8, 4) is 0 Å². The maximum atomic E-state index is 13.5. The van der Waals surface area contributed by atoms with Gasteiger partial charge in [-0.3, -0.25) is 4.79 Å². The quantitative estimate of drug-likeness (QED) is 0.701. The molecule has 0 atom stereocenters. The Hall–Kier alpha value is -2.15. The fourth-order valence-electron chi connectivity index (χ4n) is 1.61. The molecule has 0 saturated heterocycles. The number of aromatic nitrogens is 4. The van der Waals surface area contributed by atoms with Gasteiger partial charge in [-0.15, -0.1) is 16.4 Å². The van der Waals surface area contributed by atoms with Crippen LogP contribution in [0.1, 0.15) is 5.56 Å². The second kappa shape index (κ2) is 4.26. The zero-order valence-electron chi connectivity index (χ0n) is 9.08. The van der Waals surface area contributed by atoms with Crippen molar-refractivity contribution in [3.63, 3.8) is 0 Å². The molecule has 2 aromatic heterocycles. The molecule has 0 bridgehead atoms. The van der Waals surface area contributed by atoms with Crippen molar-refractivity contribution >= 4 is 21.7 Å². The van der Waals surface area contributed by atoms with Crippen LogP contribution in [0.25, 0.3) is 10.3 Å². The molecule has 5 nitrogen and oxygen atoms in total. The van der Waals surface area contributed by atoms with Crippen molar-refractivity contribution in [2.75, 3.05) is 0 Å². The van der Waals surface area contributed by atoms with E-state index in [4.69, 9.17) is 0 Å². The van der Waals surface area contributed by atoms with Gasteiger partial charge in [0.15, 0.2) is 10.3 Å². The van der Waals surface area contributed by atoms with E-state index in [1.165, 1.54) is 22.9 Å². The maximum Gasteiger partial charge on any atom is 0.297 e. The van der Waals surface area contributed by atoms with Crippen LogP contribution in [0.15, 0.2) is 34.6 Å². The number of thiazole rings is 1. The van der Waals surface area contributed by atoms with Gasteiger partial charge in [-0.05, 0) is 6.07 Å². The Kier molecular flexibility index (Phi) is 2.60. The van der Waals surface area contributed by atoms with Crippen molar-refractivity contribution in [3.05, 3.63) is 51.5 Å². The predicted molar refractivity (Wildman–Crippen MR) is 65.0 cm³/mol. The van der Waals surface area contributed by atoms with Crippen LogP contribution in [0.2, 0.25) is 0 Å². The summed E-state index contributed by atoms with van der Waals surface area (Å²) in [6, 6.07) is 6.25. The first-order valence-corrected chi connectivity index (χ1v) is 6.04. The molecule has 7 heteroatoms. The molecule has 0 aliphatic heterocycles. The van der Waals surface area contributed by atoms with E-state index in [0.29, 0.717) is 10.4 Å². The Balaban J connectivity index is 2.08. The molecule has 1 aromatic carbocycles. The highest BCUT2D eigenvalue weighted by atomic mass is 32.1. The summed E-state index contributed by atoms with van der Waals surface area (Å²) in [6.07, 6.45) is 0. The molecule has 0 unspecified atom stereocenters. The average molecular weight is 262 g/mol. The van der Waals surface area contributed by atoms with Gasteiger partial charge in [-0.2, -0.15) is 0 Å². The van der Waals surface area contributed by atoms with E-state index in [-0.39, 0.29) is 23.4 Å². The van der Waals surface area contributed by atoms with E-state index in [9.17, 15) is 9.18 Å². The van der Waals surface area contributed by atoms with Crippen LogP contribution >= 0.6 is 11.3 Å². The molecule has 0 saturated carbocycles. The second-order valence-corrected chi connectivity index (χ2v) is 4.48. The normalized spacial score (nSPS) is 10.9. The molecule has 90 valence electrons. The molecule has 0 N–H and O–H groups in total. The summed E-state index contributed by atoms with van der Waals surface area (Å²) in [4.78, 5) is 16.4. The number of hydrogen-bond acceptors (Lipinski definition) is 5. The molecule has 18 heavy (non-hydrogen) atoms. The number of rotatable bonds is 2. The van der Waals surface area contributed by atoms with Crippen molar-refractivity contribution in [2.45, 2.75) is 6.54 Å². The molecule has 0 amide bonds. The fraction of sp³-hybridized carbons (Fsp3) is 0.0909. The van der Waals surface area contributed by atoms with Crippen LogP contribution in [0.4, 0.5) is 4.39 Å². The van der Waals surface area contributed by atoms with E-state index in [0.717, 1.165) is 4.68 Å². The summed E-state index contributed by atoms with van der Waals surface area (Å²) >= 11 is 1.25. The lowest BCUT2D eigenvalue weighted by molar-refractivity contribution is 0.557. The van der Waals surface area contributed by atoms with Crippen LogP contribution in [0.3, 0.4) is 0 Å². The summed E-state index contributed by atoms with van der Waals surface area (Å²) in [6.45, 7) is 0.0476. The molecular weight excluding hydrogens is 255 g/mol. The minimum atomic E-state index is -0.371. The second-order valence-electron chi connectivity index (χ2n) is 3.65. The summed E-state index contributed by atoms with van der Waals surface area (Å²) < 4.78 is 14.6. The SMILES string of the molecule is O=c1c2ncsc2nnn1Cc1ccccc1F. The van der Waals surface area contributed by atoms with Gasteiger partial charge in [0.05, 0.1) is 12.1 Å². The van der Waals surface area contributed by atoms with E-state index >= 15 is 0 Å². The summed E-state index contributed by atoms with van der Waals surface area (Å²) in [7, 11) is 0. The van der Waals surface area contributed by atoms with Crippen molar-refractivity contribution in [1.29, 1.82) is 0 Å². The summed E-state index contributed by atoms with van der Waals surface area (Å²) in [5, 5.41) is 7.65. The summed E-state index contributed by atoms with van der Waals surface area (Å²) in [5.41, 5.74) is 1.84. The minimum Gasteiger partial charge on any atom is -0.265 e. The van der Waals surface area contributed by atoms with Crippen LogP contribution < -0.4 is 5.56 Å². The van der Waals surface area contributed by atoms with Crippen LogP contribution in [0.5, 0.6) is 0 Å². The topological polar surface area (TPSA) is 60.7 Å². The zero-order chi connectivity index (χ0) is 12.5. The average Bonchev–Trinajstić information content (AvgIpc) is 2.84. The molecule has 0 radical (unpaired) electrons. The Morgan fingerprint density at radius 1 is 1.33 bits per heavy atom. The number of hydrogen-bond donors (Lipinski definition) is 0. The zero-order valence-corrected chi connectivity index (χ0v) is 9.89. The lowest BCUT2D eigenvalue weighted by atomic mass is 10.2. The van der Waals surface area contributed by atoms with Gasteiger partial charge in [-0.1, -0.05) is 23.4 Å². The lowest BCUT2D eigenvalue weighted by Gasteiger charge is -2.03. The largest absolute Gasteiger partial charge is 0.297 e. The molecule has 3 aromatic rings. The van der Waals surface area contributed by atoms with Crippen LogP contribution in [0, 0.1) is 5.82 Å². The van der Waals surface area contributed by atoms with Gasteiger partial charge in [0.25, 0.3) is 5.56 Å². The molecule has 0 aliphatic rings. The third-order valence-corrected chi connectivity index (χ3v) is 3.22. The standard InChI is InChI=1S/C11H7FN4OS/c12-8-4-2-1-3-7(8)5-16-11(17)9-10(14-15-16)18-6-13-9/h1-4,6H,5H2. The molecular formula is C11H7FN4OS. The fourth-order valence-corrected chi connectivity index (χ4v) is 2.20. The van der Waals surface area contributed by atoms with Gasteiger partial charge in [-0.25, -0.2) is 14.1 Å². The first-order valence-electron chi connectivity index (χ1n) is 5.16. The van der Waals surface area contributed by atoms with Crippen molar-refractivity contribution in [2.24, 2.45) is 0 Å². The minimum absolute atomic E-state index is 0.0476. The predicted octanol–water partition coefficient (Wildman–Crippen LogP) is 1.44. The van der Waals surface area contributed by atoms with E-state index < -0.39 is 0 Å². The number of benzene rings is 1. The highest BCUT2D eigenvalue weighted by molar-refractivity contribution is 7.16. The molecule has 0 spiro atoms. The highest BCUT2D eigenvalue weighted by Gasteiger charge is 2.09. The Labute approximate surface area is 105 Å². The van der Waals surface area contributed by atoms with Crippen LogP contribution in [-0.2, 0) is 6.54 Å². The Morgan fingerprint density at radius 3 is 3.00 bits per heavy atom.